The van der Waals surface area contributed by atoms with Crippen LogP contribution in [0, 0.1) is 13.8 Å². The van der Waals surface area contributed by atoms with Crippen LogP contribution in [0.15, 0.2) is 27.6 Å². The van der Waals surface area contributed by atoms with Crippen molar-refractivity contribution in [2.24, 2.45) is 0 Å². The highest BCUT2D eigenvalue weighted by Gasteiger charge is 2.19. The van der Waals surface area contributed by atoms with Crippen LogP contribution in [0.2, 0.25) is 0 Å². The summed E-state index contributed by atoms with van der Waals surface area (Å²) < 4.78 is 28.0. The van der Waals surface area contributed by atoms with E-state index in [0.717, 1.165) is 20.2 Å². The summed E-state index contributed by atoms with van der Waals surface area (Å²) in [7, 11) is -0.530. The van der Waals surface area contributed by atoms with E-state index in [-0.39, 0.29) is 4.90 Å². The van der Waals surface area contributed by atoms with Crippen LogP contribution in [-0.2, 0) is 10.0 Å². The molecule has 0 atom stereocenters. The van der Waals surface area contributed by atoms with Crippen LogP contribution >= 0.6 is 15.9 Å². The maximum Gasteiger partial charge on any atom is 0.242 e. The number of aryl methyl sites for hydroxylation is 1. The van der Waals surface area contributed by atoms with Crippen LogP contribution in [0.3, 0.4) is 0 Å². The van der Waals surface area contributed by atoms with E-state index in [2.05, 4.69) is 21.0 Å². The Labute approximate surface area is 132 Å². The number of nitrogens with zero attached hydrogens (tertiary/aromatic N) is 3. The lowest BCUT2D eigenvalue weighted by atomic mass is 10.2. The van der Waals surface area contributed by atoms with Gasteiger partial charge in [-0.05, 0) is 48.0 Å². The molecule has 0 bridgehead atoms. The van der Waals surface area contributed by atoms with Crippen molar-refractivity contribution in [3.05, 3.63) is 34.1 Å². The summed E-state index contributed by atoms with van der Waals surface area (Å²) in [4.78, 5) is 0.161. The fourth-order valence-corrected chi connectivity index (χ4v) is 3.14. The lowest BCUT2D eigenvalue weighted by Gasteiger charge is -2.14. The number of benzene rings is 1. The van der Waals surface area contributed by atoms with Gasteiger partial charge in [-0.25, -0.2) is 17.4 Å². The number of hydrogen-bond acceptors (Lipinski definition) is 4. The molecule has 0 aliphatic carbocycles. The number of rotatable bonds is 3. The van der Waals surface area contributed by atoms with Crippen LogP contribution in [0.25, 0.3) is 5.69 Å². The molecule has 0 aliphatic heterocycles. The van der Waals surface area contributed by atoms with Crippen molar-refractivity contribution >= 4 is 31.6 Å². The number of halogens is 1. The third-order valence-corrected chi connectivity index (χ3v) is 6.17. The number of aromatic nitrogens is 2. The number of nitrogen functional groups attached to an aromatic ring is 1. The number of sulfonamides is 1. The Balaban J connectivity index is 2.57. The van der Waals surface area contributed by atoms with Gasteiger partial charge < -0.3 is 5.73 Å². The summed E-state index contributed by atoms with van der Waals surface area (Å²) in [5.41, 5.74) is 8.78. The molecule has 0 fully saturated rings. The maximum absolute atomic E-state index is 12.1. The maximum atomic E-state index is 12.1. The van der Waals surface area contributed by atoms with Crippen molar-refractivity contribution in [1.29, 1.82) is 0 Å². The smallest absolute Gasteiger partial charge is 0.242 e. The molecule has 8 heteroatoms. The van der Waals surface area contributed by atoms with Gasteiger partial charge in [0.2, 0.25) is 10.0 Å². The zero-order valence-corrected chi connectivity index (χ0v) is 14.7. The Hall–Kier alpha value is -1.38. The highest BCUT2D eigenvalue weighted by atomic mass is 79.9. The molecule has 0 spiro atoms. The number of nitrogens with two attached hydrogens (primary N) is 1. The van der Waals surface area contributed by atoms with Gasteiger partial charge in [-0.1, -0.05) is 0 Å². The molecule has 6 nitrogen and oxygen atoms in total. The van der Waals surface area contributed by atoms with Gasteiger partial charge in [-0.2, -0.15) is 5.10 Å². The summed E-state index contributed by atoms with van der Waals surface area (Å²) in [5, 5.41) is 4.40. The molecule has 2 N–H and O–H groups in total. The first-order valence-electron chi connectivity index (χ1n) is 6.20. The minimum Gasteiger partial charge on any atom is -0.397 e. The largest absolute Gasteiger partial charge is 0.397 e. The van der Waals surface area contributed by atoms with E-state index in [0.29, 0.717) is 11.4 Å². The van der Waals surface area contributed by atoms with Crippen molar-refractivity contribution in [2.45, 2.75) is 18.7 Å². The summed E-state index contributed by atoms with van der Waals surface area (Å²) in [5.74, 6) is 0. The highest BCUT2D eigenvalue weighted by Crippen LogP contribution is 2.27. The molecular weight excluding hydrogens is 356 g/mol. The van der Waals surface area contributed by atoms with Crippen molar-refractivity contribution in [1.82, 2.24) is 14.1 Å². The molecule has 1 aromatic heterocycles. The van der Waals surface area contributed by atoms with Crippen LogP contribution in [0.1, 0.15) is 11.4 Å². The van der Waals surface area contributed by atoms with E-state index in [1.165, 1.54) is 26.2 Å². The third kappa shape index (κ3) is 2.70. The summed E-state index contributed by atoms with van der Waals surface area (Å²) in [6.45, 7) is 3.79. The molecule has 1 heterocycles. The Morgan fingerprint density at radius 1 is 1.29 bits per heavy atom. The predicted octanol–water partition coefficient (Wildman–Crippen LogP) is 2.08. The SMILES string of the molecule is Cc1nn(-c2ccc(S(=O)(=O)N(C)C)cc2N)c(C)c1Br. The predicted molar refractivity (Wildman–Crippen MR) is 86.0 cm³/mol. The Morgan fingerprint density at radius 3 is 2.33 bits per heavy atom. The topological polar surface area (TPSA) is 81.2 Å². The second-order valence-electron chi connectivity index (χ2n) is 4.90. The fraction of sp³-hybridized carbons (Fsp3) is 0.308. The number of hydrogen-bond donors (Lipinski definition) is 1. The van der Waals surface area contributed by atoms with Crippen LogP contribution < -0.4 is 5.73 Å². The quantitative estimate of drug-likeness (QED) is 0.836. The molecule has 0 radical (unpaired) electrons. The molecule has 114 valence electrons. The van der Waals surface area contributed by atoms with Gasteiger partial charge in [0.25, 0.3) is 0 Å². The Morgan fingerprint density at radius 2 is 1.90 bits per heavy atom. The van der Waals surface area contributed by atoms with Gasteiger partial charge >= 0.3 is 0 Å². The van der Waals surface area contributed by atoms with Crippen LogP contribution in [0.4, 0.5) is 5.69 Å². The van der Waals surface area contributed by atoms with Crippen molar-refractivity contribution in [2.75, 3.05) is 19.8 Å². The van der Waals surface area contributed by atoms with Gasteiger partial charge in [0.05, 0.1) is 32.1 Å². The summed E-state index contributed by atoms with van der Waals surface area (Å²) in [6.07, 6.45) is 0. The Bertz CT molecular complexity index is 797. The van der Waals surface area contributed by atoms with Gasteiger partial charge in [0.15, 0.2) is 0 Å². The van der Waals surface area contributed by atoms with Crippen LogP contribution in [-0.4, -0.2) is 36.6 Å². The first-order chi connectivity index (χ1) is 9.66. The molecular formula is C13H17BrN4O2S. The van der Waals surface area contributed by atoms with Gasteiger partial charge in [-0.15, -0.1) is 0 Å². The zero-order chi connectivity index (χ0) is 15.9. The van der Waals surface area contributed by atoms with E-state index < -0.39 is 10.0 Å². The average molecular weight is 373 g/mol. The van der Waals surface area contributed by atoms with Gasteiger partial charge in [0.1, 0.15) is 0 Å². The van der Waals surface area contributed by atoms with Gasteiger partial charge in [0, 0.05) is 14.1 Å². The average Bonchev–Trinajstić information content (AvgIpc) is 2.66. The Kier molecular flexibility index (Phi) is 4.14. The molecule has 0 saturated heterocycles. The highest BCUT2D eigenvalue weighted by molar-refractivity contribution is 9.10. The fourth-order valence-electron chi connectivity index (χ4n) is 1.95. The number of anilines is 1. The lowest BCUT2D eigenvalue weighted by molar-refractivity contribution is 0.521. The van der Waals surface area contributed by atoms with E-state index in [1.807, 2.05) is 13.8 Å². The second-order valence-corrected chi connectivity index (χ2v) is 7.85. The van der Waals surface area contributed by atoms with E-state index in [4.69, 9.17) is 5.73 Å². The van der Waals surface area contributed by atoms with Crippen molar-refractivity contribution in [3.63, 3.8) is 0 Å². The van der Waals surface area contributed by atoms with E-state index >= 15 is 0 Å². The molecule has 0 saturated carbocycles. The standard InChI is InChI=1S/C13H17BrN4O2S/c1-8-13(14)9(2)18(16-8)12-6-5-10(7-11(12)15)21(19,20)17(3)4/h5-7H,15H2,1-4H3. The van der Waals surface area contributed by atoms with Crippen molar-refractivity contribution in [3.8, 4) is 5.69 Å². The summed E-state index contributed by atoms with van der Waals surface area (Å²) >= 11 is 3.46. The normalized spacial score (nSPS) is 12.1. The van der Waals surface area contributed by atoms with Gasteiger partial charge in [-0.3, -0.25) is 0 Å². The first kappa shape index (κ1) is 16.0. The van der Waals surface area contributed by atoms with Crippen LogP contribution in [0.5, 0.6) is 0 Å². The minimum atomic E-state index is -3.50. The molecule has 2 rings (SSSR count). The first-order valence-corrected chi connectivity index (χ1v) is 8.43. The lowest BCUT2D eigenvalue weighted by Crippen LogP contribution is -2.22. The third-order valence-electron chi connectivity index (χ3n) is 3.21. The monoisotopic (exact) mass is 372 g/mol. The molecule has 0 amide bonds. The van der Waals surface area contributed by atoms with Crippen molar-refractivity contribution < 1.29 is 8.42 Å². The molecule has 2 aromatic rings. The summed E-state index contributed by atoms with van der Waals surface area (Å²) in [6, 6.07) is 4.65. The minimum absolute atomic E-state index is 0.161. The molecule has 0 unspecified atom stereocenters. The molecule has 1 aromatic carbocycles. The zero-order valence-electron chi connectivity index (χ0n) is 12.3. The van der Waals surface area contributed by atoms with E-state index in [1.54, 1.807) is 10.7 Å². The molecule has 21 heavy (non-hydrogen) atoms. The second kappa shape index (κ2) is 5.43. The van der Waals surface area contributed by atoms with E-state index in [9.17, 15) is 8.42 Å². The molecule has 0 aliphatic rings.